The van der Waals surface area contributed by atoms with E-state index in [2.05, 4.69) is 12.1 Å². The summed E-state index contributed by atoms with van der Waals surface area (Å²) in [4.78, 5) is 25.2. The zero-order chi connectivity index (χ0) is 14.1. The number of carbonyl (C=O) groups is 2. The molecule has 3 atom stereocenters. The highest BCUT2D eigenvalue weighted by Gasteiger charge is 2.47. The number of amides is 1. The molecule has 1 heterocycles. The topological polar surface area (TPSA) is 57.6 Å². The standard InChI is InChI=1S/C16H19NO3/c18-15(19)9-12-7-4-8-17(12)16(20)14-10-13(14)11-5-2-1-3-6-11/h1-3,5-6,12-14H,4,7-10H2,(H,18,19). The van der Waals surface area contributed by atoms with Gasteiger partial charge in [-0.1, -0.05) is 30.3 Å². The molecular weight excluding hydrogens is 254 g/mol. The van der Waals surface area contributed by atoms with Gasteiger partial charge in [-0.3, -0.25) is 9.59 Å². The molecule has 1 saturated heterocycles. The highest BCUT2D eigenvalue weighted by molar-refractivity contribution is 5.84. The van der Waals surface area contributed by atoms with E-state index < -0.39 is 5.97 Å². The van der Waals surface area contributed by atoms with Crippen LogP contribution in [0.2, 0.25) is 0 Å². The molecule has 1 saturated carbocycles. The third-order valence-corrected chi connectivity index (χ3v) is 4.41. The summed E-state index contributed by atoms with van der Waals surface area (Å²) >= 11 is 0. The maximum Gasteiger partial charge on any atom is 0.305 e. The van der Waals surface area contributed by atoms with Gasteiger partial charge < -0.3 is 10.0 Å². The van der Waals surface area contributed by atoms with Crippen molar-refractivity contribution in [2.24, 2.45) is 5.92 Å². The van der Waals surface area contributed by atoms with E-state index in [4.69, 9.17) is 5.11 Å². The molecule has 2 fully saturated rings. The van der Waals surface area contributed by atoms with Crippen LogP contribution in [0.3, 0.4) is 0 Å². The molecule has 4 heteroatoms. The number of hydrogen-bond donors (Lipinski definition) is 1. The Hall–Kier alpha value is -1.84. The summed E-state index contributed by atoms with van der Waals surface area (Å²) < 4.78 is 0. The van der Waals surface area contributed by atoms with Gasteiger partial charge in [-0.25, -0.2) is 0 Å². The molecule has 1 aliphatic carbocycles. The van der Waals surface area contributed by atoms with E-state index in [9.17, 15) is 9.59 Å². The van der Waals surface area contributed by atoms with E-state index in [0.29, 0.717) is 5.92 Å². The number of carboxylic acid groups (broad SMARTS) is 1. The summed E-state index contributed by atoms with van der Waals surface area (Å²) in [5, 5.41) is 8.92. The van der Waals surface area contributed by atoms with Gasteiger partial charge in [0.15, 0.2) is 0 Å². The first-order valence-corrected chi connectivity index (χ1v) is 7.24. The van der Waals surface area contributed by atoms with Gasteiger partial charge in [-0.15, -0.1) is 0 Å². The molecule has 2 aliphatic rings. The minimum absolute atomic E-state index is 0.0618. The Balaban J connectivity index is 1.64. The molecular formula is C16H19NO3. The smallest absolute Gasteiger partial charge is 0.305 e. The van der Waals surface area contributed by atoms with E-state index in [1.165, 1.54) is 5.56 Å². The molecule has 0 radical (unpaired) electrons. The van der Waals surface area contributed by atoms with Crippen molar-refractivity contribution < 1.29 is 14.7 Å². The maximum atomic E-state index is 12.5. The van der Waals surface area contributed by atoms with Crippen molar-refractivity contribution in [3.05, 3.63) is 35.9 Å². The number of likely N-dealkylation sites (tertiary alicyclic amines) is 1. The lowest BCUT2D eigenvalue weighted by atomic mass is 10.1. The lowest BCUT2D eigenvalue weighted by Gasteiger charge is -2.23. The van der Waals surface area contributed by atoms with E-state index in [1.54, 1.807) is 0 Å². The predicted molar refractivity (Wildman–Crippen MR) is 74.3 cm³/mol. The molecule has 1 amide bonds. The number of nitrogens with zero attached hydrogens (tertiary/aromatic N) is 1. The zero-order valence-electron chi connectivity index (χ0n) is 11.4. The van der Waals surface area contributed by atoms with Gasteiger partial charge in [0, 0.05) is 18.5 Å². The van der Waals surface area contributed by atoms with Gasteiger partial charge >= 0.3 is 5.97 Å². The second-order valence-electron chi connectivity index (χ2n) is 5.78. The monoisotopic (exact) mass is 273 g/mol. The summed E-state index contributed by atoms with van der Waals surface area (Å²) in [6.45, 7) is 0.717. The van der Waals surface area contributed by atoms with Crippen LogP contribution in [0.25, 0.3) is 0 Å². The van der Waals surface area contributed by atoms with Crippen LogP contribution < -0.4 is 0 Å². The van der Waals surface area contributed by atoms with E-state index >= 15 is 0 Å². The second-order valence-corrected chi connectivity index (χ2v) is 5.78. The number of hydrogen-bond acceptors (Lipinski definition) is 2. The van der Waals surface area contributed by atoms with Crippen molar-refractivity contribution >= 4 is 11.9 Å². The van der Waals surface area contributed by atoms with Crippen molar-refractivity contribution in [2.75, 3.05) is 6.54 Å². The lowest BCUT2D eigenvalue weighted by Crippen LogP contribution is -2.38. The van der Waals surface area contributed by atoms with Crippen LogP contribution in [-0.4, -0.2) is 34.5 Å². The van der Waals surface area contributed by atoms with Crippen LogP contribution in [0.15, 0.2) is 30.3 Å². The number of carbonyl (C=O) groups excluding carboxylic acids is 1. The molecule has 4 nitrogen and oxygen atoms in total. The first-order valence-electron chi connectivity index (χ1n) is 7.24. The third kappa shape index (κ3) is 2.55. The van der Waals surface area contributed by atoms with Crippen LogP contribution in [0, 0.1) is 5.92 Å². The first-order chi connectivity index (χ1) is 9.66. The molecule has 3 rings (SSSR count). The number of carboxylic acids is 1. The average Bonchev–Trinajstić information content (AvgIpc) is 3.12. The van der Waals surface area contributed by atoms with Crippen LogP contribution in [0.1, 0.15) is 37.2 Å². The summed E-state index contributed by atoms with van der Waals surface area (Å²) in [5.41, 5.74) is 1.22. The van der Waals surface area contributed by atoms with Crippen LogP contribution in [0.5, 0.6) is 0 Å². The fourth-order valence-corrected chi connectivity index (χ4v) is 3.29. The summed E-state index contributed by atoms with van der Waals surface area (Å²) in [6.07, 6.45) is 2.72. The van der Waals surface area contributed by atoms with Crippen molar-refractivity contribution in [1.29, 1.82) is 0 Å². The van der Waals surface area contributed by atoms with Crippen LogP contribution >= 0.6 is 0 Å². The van der Waals surface area contributed by atoms with E-state index in [0.717, 1.165) is 25.8 Å². The highest BCUT2D eigenvalue weighted by atomic mass is 16.4. The normalized spacial score (nSPS) is 28.4. The SMILES string of the molecule is O=C(O)CC1CCCN1C(=O)C1CC1c1ccccc1. The van der Waals surface area contributed by atoms with Gasteiger partial charge in [0.05, 0.1) is 6.42 Å². The largest absolute Gasteiger partial charge is 0.481 e. The fourth-order valence-electron chi connectivity index (χ4n) is 3.29. The highest BCUT2D eigenvalue weighted by Crippen LogP contribution is 2.49. The Labute approximate surface area is 118 Å². The summed E-state index contributed by atoms with van der Waals surface area (Å²) in [7, 11) is 0. The predicted octanol–water partition coefficient (Wildman–Crippen LogP) is 2.26. The summed E-state index contributed by atoms with van der Waals surface area (Å²) in [6, 6.07) is 10.0. The Morgan fingerprint density at radius 2 is 2.00 bits per heavy atom. The van der Waals surface area contributed by atoms with Crippen molar-refractivity contribution in [3.63, 3.8) is 0 Å². The van der Waals surface area contributed by atoms with Crippen molar-refractivity contribution in [3.8, 4) is 0 Å². The Morgan fingerprint density at radius 3 is 2.70 bits per heavy atom. The Bertz CT molecular complexity index is 514. The number of benzene rings is 1. The zero-order valence-corrected chi connectivity index (χ0v) is 11.4. The minimum atomic E-state index is -0.815. The maximum absolute atomic E-state index is 12.5. The molecule has 106 valence electrons. The van der Waals surface area contributed by atoms with Crippen LogP contribution in [0.4, 0.5) is 0 Å². The van der Waals surface area contributed by atoms with Gasteiger partial charge in [0.25, 0.3) is 0 Å². The second kappa shape index (κ2) is 5.27. The molecule has 1 N–H and O–H groups in total. The van der Waals surface area contributed by atoms with Gasteiger partial charge in [-0.2, -0.15) is 0 Å². The van der Waals surface area contributed by atoms with Gasteiger partial charge in [0.1, 0.15) is 0 Å². The third-order valence-electron chi connectivity index (χ3n) is 4.41. The molecule has 0 bridgehead atoms. The Kier molecular flexibility index (Phi) is 3.47. The fraction of sp³-hybridized carbons (Fsp3) is 0.500. The van der Waals surface area contributed by atoms with E-state index in [-0.39, 0.29) is 24.3 Å². The lowest BCUT2D eigenvalue weighted by molar-refractivity contribution is -0.140. The minimum Gasteiger partial charge on any atom is -0.481 e. The van der Waals surface area contributed by atoms with Gasteiger partial charge in [-0.05, 0) is 30.7 Å². The molecule has 3 unspecified atom stereocenters. The molecule has 1 aromatic rings. The molecule has 0 aromatic heterocycles. The molecule has 20 heavy (non-hydrogen) atoms. The van der Waals surface area contributed by atoms with E-state index in [1.807, 2.05) is 23.1 Å². The number of rotatable bonds is 4. The molecule has 0 spiro atoms. The first kappa shape index (κ1) is 13.2. The molecule has 1 aromatic carbocycles. The Morgan fingerprint density at radius 1 is 1.25 bits per heavy atom. The van der Waals surface area contributed by atoms with Crippen molar-refractivity contribution in [1.82, 2.24) is 4.90 Å². The quantitative estimate of drug-likeness (QED) is 0.915. The van der Waals surface area contributed by atoms with Crippen molar-refractivity contribution in [2.45, 2.75) is 37.6 Å². The molecule has 1 aliphatic heterocycles. The van der Waals surface area contributed by atoms with Gasteiger partial charge in [0.2, 0.25) is 5.91 Å². The van der Waals surface area contributed by atoms with Crippen LogP contribution in [-0.2, 0) is 9.59 Å². The average molecular weight is 273 g/mol. The summed E-state index contributed by atoms with van der Waals surface area (Å²) in [5.74, 6) is -0.269. The number of aliphatic carboxylic acids is 1.